The zero-order valence-electron chi connectivity index (χ0n) is 15.3. The molecule has 0 saturated heterocycles. The number of hydrogen-bond acceptors (Lipinski definition) is 7. The summed E-state index contributed by atoms with van der Waals surface area (Å²) in [5.41, 5.74) is -0.156. The first-order valence-corrected chi connectivity index (χ1v) is 8.27. The van der Waals surface area contributed by atoms with Crippen molar-refractivity contribution >= 4 is 23.3 Å². The summed E-state index contributed by atoms with van der Waals surface area (Å²) in [5.74, 6) is -1.24. The SMILES string of the molecule is COC(=O)C1=NN(C(=O)c2ccncc2)[C@@](O)(c2ccc(N(C)C)cc2)C1. The first-order chi connectivity index (χ1) is 12.9. The summed E-state index contributed by atoms with van der Waals surface area (Å²) < 4.78 is 4.71. The van der Waals surface area contributed by atoms with Crippen LogP contribution in [0.5, 0.6) is 0 Å². The summed E-state index contributed by atoms with van der Waals surface area (Å²) in [6.45, 7) is 0. The van der Waals surface area contributed by atoms with Crippen LogP contribution in [0, 0.1) is 0 Å². The van der Waals surface area contributed by atoms with Crippen LogP contribution in [0.25, 0.3) is 0 Å². The summed E-state index contributed by atoms with van der Waals surface area (Å²) in [5, 5.41) is 16.3. The van der Waals surface area contributed by atoms with Crippen molar-refractivity contribution in [3.05, 3.63) is 59.9 Å². The lowest BCUT2D eigenvalue weighted by Gasteiger charge is -2.31. The molecular formula is C19H20N4O4. The first kappa shape index (κ1) is 18.5. The highest BCUT2D eigenvalue weighted by atomic mass is 16.5. The van der Waals surface area contributed by atoms with E-state index in [1.165, 1.54) is 31.6 Å². The minimum absolute atomic E-state index is 0.0286. The Hall–Kier alpha value is -3.26. The standard InChI is InChI=1S/C19H20N4O4/c1-22(2)15-6-4-14(5-7-15)19(26)12-16(18(25)27-3)21-23(19)17(24)13-8-10-20-11-9-13/h4-11,26H,12H2,1-3H3/t19-/m0/s1. The van der Waals surface area contributed by atoms with E-state index < -0.39 is 17.6 Å². The van der Waals surface area contributed by atoms with Gasteiger partial charge in [-0.3, -0.25) is 9.78 Å². The van der Waals surface area contributed by atoms with Crippen molar-refractivity contribution in [3.8, 4) is 0 Å². The number of carbonyl (C=O) groups is 2. The molecule has 8 nitrogen and oxygen atoms in total. The van der Waals surface area contributed by atoms with Crippen LogP contribution >= 0.6 is 0 Å². The molecule has 1 amide bonds. The highest BCUT2D eigenvalue weighted by Gasteiger charge is 2.48. The van der Waals surface area contributed by atoms with Crippen LogP contribution in [-0.4, -0.2) is 53.9 Å². The molecule has 1 aromatic carbocycles. The molecule has 140 valence electrons. The third kappa shape index (κ3) is 3.39. The number of anilines is 1. The zero-order chi connectivity index (χ0) is 19.6. The minimum atomic E-state index is -1.80. The summed E-state index contributed by atoms with van der Waals surface area (Å²) in [7, 11) is 5.02. The average Bonchev–Trinajstić information content (AvgIpc) is 3.06. The van der Waals surface area contributed by atoms with Crippen molar-refractivity contribution in [3.63, 3.8) is 0 Å². The molecular weight excluding hydrogens is 348 g/mol. The van der Waals surface area contributed by atoms with Crippen LogP contribution in [0.1, 0.15) is 22.3 Å². The van der Waals surface area contributed by atoms with Crippen LogP contribution in [0.15, 0.2) is 53.9 Å². The number of aliphatic hydroxyl groups is 1. The lowest BCUT2D eigenvalue weighted by molar-refractivity contribution is -0.133. The lowest BCUT2D eigenvalue weighted by atomic mass is 9.96. The van der Waals surface area contributed by atoms with Gasteiger partial charge in [-0.05, 0) is 24.3 Å². The number of nitrogens with zero attached hydrogens (tertiary/aromatic N) is 4. The maximum absolute atomic E-state index is 12.9. The topological polar surface area (TPSA) is 95.3 Å². The molecule has 0 unspecified atom stereocenters. The van der Waals surface area contributed by atoms with Gasteiger partial charge in [0, 0.05) is 43.3 Å². The number of esters is 1. The van der Waals surface area contributed by atoms with E-state index in [0.29, 0.717) is 11.1 Å². The number of rotatable bonds is 4. The zero-order valence-corrected chi connectivity index (χ0v) is 15.3. The minimum Gasteiger partial charge on any atom is -0.464 e. The predicted octanol–water partition coefficient (Wildman–Crippen LogP) is 1.37. The van der Waals surface area contributed by atoms with Gasteiger partial charge in [0.15, 0.2) is 11.4 Å². The van der Waals surface area contributed by atoms with Crippen molar-refractivity contribution in [2.24, 2.45) is 5.10 Å². The number of hydrazone groups is 1. The van der Waals surface area contributed by atoms with E-state index in [9.17, 15) is 14.7 Å². The summed E-state index contributed by atoms with van der Waals surface area (Å²) in [6, 6.07) is 10.1. The van der Waals surface area contributed by atoms with Crippen LogP contribution in [0.2, 0.25) is 0 Å². The quantitative estimate of drug-likeness (QED) is 0.819. The molecule has 1 N–H and O–H groups in total. The van der Waals surface area contributed by atoms with Gasteiger partial charge < -0.3 is 14.7 Å². The Morgan fingerprint density at radius 2 is 1.78 bits per heavy atom. The van der Waals surface area contributed by atoms with Crippen molar-refractivity contribution in [1.82, 2.24) is 9.99 Å². The van der Waals surface area contributed by atoms with Crippen LogP contribution in [-0.2, 0) is 15.3 Å². The molecule has 8 heteroatoms. The molecule has 2 heterocycles. The summed E-state index contributed by atoms with van der Waals surface area (Å²) in [6.07, 6.45) is 2.77. The van der Waals surface area contributed by atoms with Crippen molar-refractivity contribution < 1.29 is 19.4 Å². The number of carbonyl (C=O) groups excluding carboxylic acids is 2. The summed E-state index contributed by atoms with van der Waals surface area (Å²) >= 11 is 0. The number of amides is 1. The van der Waals surface area contributed by atoms with Crippen LogP contribution in [0.4, 0.5) is 5.69 Å². The Kier molecular flexibility index (Phi) is 4.91. The first-order valence-electron chi connectivity index (χ1n) is 8.27. The Morgan fingerprint density at radius 1 is 1.15 bits per heavy atom. The van der Waals surface area contributed by atoms with Crippen LogP contribution < -0.4 is 4.90 Å². The number of pyridine rings is 1. The molecule has 0 aliphatic carbocycles. The van der Waals surface area contributed by atoms with Gasteiger partial charge >= 0.3 is 5.97 Å². The molecule has 1 aliphatic heterocycles. The van der Waals surface area contributed by atoms with E-state index in [1.54, 1.807) is 12.1 Å². The molecule has 0 fully saturated rings. The van der Waals surface area contributed by atoms with E-state index >= 15 is 0 Å². The molecule has 2 aromatic rings. The van der Waals surface area contributed by atoms with E-state index in [-0.39, 0.29) is 12.1 Å². The van der Waals surface area contributed by atoms with Gasteiger partial charge in [-0.1, -0.05) is 12.1 Å². The molecule has 0 saturated carbocycles. The molecule has 27 heavy (non-hydrogen) atoms. The van der Waals surface area contributed by atoms with Gasteiger partial charge in [-0.15, -0.1) is 0 Å². The molecule has 0 bridgehead atoms. The Balaban J connectivity index is 2.03. The Labute approximate surface area is 156 Å². The van der Waals surface area contributed by atoms with Crippen molar-refractivity contribution in [1.29, 1.82) is 0 Å². The Morgan fingerprint density at radius 3 is 2.33 bits per heavy atom. The fourth-order valence-corrected chi connectivity index (χ4v) is 2.86. The number of ether oxygens (including phenoxy) is 1. The molecule has 0 radical (unpaired) electrons. The van der Waals surface area contributed by atoms with Gasteiger partial charge in [0.25, 0.3) is 5.91 Å². The molecule has 1 aromatic heterocycles. The van der Waals surface area contributed by atoms with E-state index in [1.807, 2.05) is 31.1 Å². The van der Waals surface area contributed by atoms with Gasteiger partial charge in [0.05, 0.1) is 13.5 Å². The molecule has 1 atom stereocenters. The van der Waals surface area contributed by atoms with Gasteiger partial charge in [0.1, 0.15) is 0 Å². The average molecular weight is 368 g/mol. The third-order valence-corrected chi connectivity index (χ3v) is 4.37. The number of methoxy groups -OCH3 is 1. The second-order valence-corrected chi connectivity index (χ2v) is 6.33. The predicted molar refractivity (Wildman–Crippen MR) is 99.1 cm³/mol. The van der Waals surface area contributed by atoms with Gasteiger partial charge in [0.2, 0.25) is 0 Å². The maximum atomic E-state index is 12.9. The fourth-order valence-electron chi connectivity index (χ4n) is 2.86. The Bertz CT molecular complexity index is 880. The fraction of sp³-hybridized carbons (Fsp3) is 0.263. The van der Waals surface area contributed by atoms with Gasteiger partial charge in [-0.25, -0.2) is 4.79 Å². The van der Waals surface area contributed by atoms with E-state index in [2.05, 4.69) is 10.1 Å². The van der Waals surface area contributed by atoms with E-state index in [4.69, 9.17) is 4.74 Å². The number of aromatic nitrogens is 1. The van der Waals surface area contributed by atoms with Crippen LogP contribution in [0.3, 0.4) is 0 Å². The second-order valence-electron chi connectivity index (χ2n) is 6.33. The largest absolute Gasteiger partial charge is 0.464 e. The van der Waals surface area contributed by atoms with Crippen molar-refractivity contribution in [2.45, 2.75) is 12.1 Å². The second kappa shape index (κ2) is 7.16. The third-order valence-electron chi connectivity index (χ3n) is 4.37. The molecule has 1 aliphatic rings. The maximum Gasteiger partial charge on any atom is 0.354 e. The normalized spacial score (nSPS) is 18.8. The monoisotopic (exact) mass is 368 g/mol. The number of benzene rings is 1. The lowest BCUT2D eigenvalue weighted by Crippen LogP contribution is -2.43. The number of hydrogen-bond donors (Lipinski definition) is 1. The highest BCUT2D eigenvalue weighted by molar-refractivity contribution is 6.37. The van der Waals surface area contributed by atoms with E-state index in [0.717, 1.165) is 10.7 Å². The molecule has 3 rings (SSSR count). The smallest absolute Gasteiger partial charge is 0.354 e. The molecule has 0 spiro atoms. The highest BCUT2D eigenvalue weighted by Crippen LogP contribution is 2.37. The van der Waals surface area contributed by atoms with Gasteiger partial charge in [-0.2, -0.15) is 10.1 Å². The van der Waals surface area contributed by atoms with Crippen molar-refractivity contribution in [2.75, 3.05) is 26.1 Å². The summed E-state index contributed by atoms with van der Waals surface area (Å²) in [4.78, 5) is 30.7.